The van der Waals surface area contributed by atoms with Crippen LogP contribution in [0.3, 0.4) is 0 Å². The summed E-state index contributed by atoms with van der Waals surface area (Å²) in [6.45, 7) is 5.73. The Morgan fingerprint density at radius 1 is 1.05 bits per heavy atom. The van der Waals surface area contributed by atoms with Crippen molar-refractivity contribution in [3.63, 3.8) is 0 Å². The van der Waals surface area contributed by atoms with E-state index in [9.17, 15) is 0 Å². The molecule has 1 atom stereocenters. The van der Waals surface area contributed by atoms with Crippen molar-refractivity contribution in [3.8, 4) is 5.75 Å². The van der Waals surface area contributed by atoms with Gasteiger partial charge in [0.15, 0.2) is 0 Å². The molecule has 106 valence electrons. The molecule has 0 aliphatic carbocycles. The van der Waals surface area contributed by atoms with E-state index < -0.39 is 0 Å². The van der Waals surface area contributed by atoms with Crippen LogP contribution in [-0.4, -0.2) is 13.2 Å². The maximum Gasteiger partial charge on any atom is 0.119 e. The Morgan fingerprint density at radius 3 is 2.35 bits per heavy atom. The van der Waals surface area contributed by atoms with Crippen LogP contribution in [-0.2, 0) is 0 Å². The first-order valence-electron chi connectivity index (χ1n) is 6.96. The van der Waals surface area contributed by atoms with Crippen molar-refractivity contribution < 1.29 is 4.74 Å². The lowest BCUT2D eigenvalue weighted by atomic mass is 9.98. The fourth-order valence-corrected chi connectivity index (χ4v) is 2.76. The highest BCUT2D eigenvalue weighted by atomic mass is 79.9. The van der Waals surface area contributed by atoms with Crippen molar-refractivity contribution >= 4 is 15.9 Å². The van der Waals surface area contributed by atoms with E-state index in [4.69, 9.17) is 4.74 Å². The van der Waals surface area contributed by atoms with Gasteiger partial charge in [0.05, 0.1) is 12.6 Å². The van der Waals surface area contributed by atoms with Gasteiger partial charge < -0.3 is 10.1 Å². The van der Waals surface area contributed by atoms with Crippen molar-refractivity contribution in [2.24, 2.45) is 0 Å². The highest BCUT2D eigenvalue weighted by molar-refractivity contribution is 9.10. The first kappa shape index (κ1) is 15.1. The minimum Gasteiger partial charge on any atom is -0.494 e. The van der Waals surface area contributed by atoms with Crippen LogP contribution >= 0.6 is 15.9 Å². The van der Waals surface area contributed by atoms with Gasteiger partial charge in [-0.15, -0.1) is 0 Å². The van der Waals surface area contributed by atoms with Crippen molar-refractivity contribution in [3.05, 3.63) is 64.1 Å². The van der Waals surface area contributed by atoms with Crippen LogP contribution in [0.15, 0.2) is 53.0 Å². The molecule has 2 aromatic carbocycles. The molecule has 2 aromatic rings. The molecular weight excluding hydrogens is 314 g/mol. The lowest BCUT2D eigenvalue weighted by Crippen LogP contribution is -2.22. The third-order valence-electron chi connectivity index (χ3n) is 3.15. The smallest absolute Gasteiger partial charge is 0.119 e. The quantitative estimate of drug-likeness (QED) is 0.837. The highest BCUT2D eigenvalue weighted by Crippen LogP contribution is 2.29. The van der Waals surface area contributed by atoms with Crippen LogP contribution < -0.4 is 10.1 Å². The van der Waals surface area contributed by atoms with Crippen LogP contribution in [0.25, 0.3) is 0 Å². The summed E-state index contributed by atoms with van der Waals surface area (Å²) in [7, 11) is 0. The van der Waals surface area contributed by atoms with Crippen LogP contribution in [0.1, 0.15) is 31.0 Å². The van der Waals surface area contributed by atoms with Crippen LogP contribution in [0.5, 0.6) is 5.75 Å². The van der Waals surface area contributed by atoms with E-state index in [1.807, 2.05) is 25.1 Å². The van der Waals surface area contributed by atoms with Gasteiger partial charge in [0.25, 0.3) is 0 Å². The topological polar surface area (TPSA) is 21.3 Å². The molecule has 0 saturated carbocycles. The van der Waals surface area contributed by atoms with E-state index in [1.54, 1.807) is 0 Å². The predicted octanol–water partition coefficient (Wildman–Crippen LogP) is 4.55. The maximum atomic E-state index is 5.50. The second kappa shape index (κ2) is 7.46. The minimum absolute atomic E-state index is 0.186. The van der Waals surface area contributed by atoms with Gasteiger partial charge in [0, 0.05) is 4.47 Å². The van der Waals surface area contributed by atoms with E-state index in [0.717, 1.165) is 16.8 Å². The van der Waals surface area contributed by atoms with E-state index in [2.05, 4.69) is 58.5 Å². The second-order valence-corrected chi connectivity index (χ2v) is 5.37. The minimum atomic E-state index is 0.186. The largest absolute Gasteiger partial charge is 0.494 e. The Bertz CT molecular complexity index is 539. The van der Waals surface area contributed by atoms with E-state index >= 15 is 0 Å². The number of ether oxygens (including phenoxy) is 1. The molecular formula is C17H20BrNO. The Kier molecular flexibility index (Phi) is 5.62. The van der Waals surface area contributed by atoms with Crippen molar-refractivity contribution in [1.29, 1.82) is 0 Å². The summed E-state index contributed by atoms with van der Waals surface area (Å²) in [4.78, 5) is 0. The summed E-state index contributed by atoms with van der Waals surface area (Å²) >= 11 is 3.64. The van der Waals surface area contributed by atoms with Gasteiger partial charge in [-0.3, -0.25) is 0 Å². The highest BCUT2D eigenvalue weighted by Gasteiger charge is 2.15. The summed E-state index contributed by atoms with van der Waals surface area (Å²) in [5.74, 6) is 0.915. The van der Waals surface area contributed by atoms with Crippen LogP contribution in [0.2, 0.25) is 0 Å². The van der Waals surface area contributed by atoms with E-state index in [-0.39, 0.29) is 6.04 Å². The first-order valence-corrected chi connectivity index (χ1v) is 7.76. The van der Waals surface area contributed by atoms with Crippen molar-refractivity contribution in [2.45, 2.75) is 19.9 Å². The lowest BCUT2D eigenvalue weighted by Gasteiger charge is -2.20. The predicted molar refractivity (Wildman–Crippen MR) is 87.3 cm³/mol. The molecule has 0 fully saturated rings. The molecule has 0 amide bonds. The van der Waals surface area contributed by atoms with Crippen molar-refractivity contribution in [1.82, 2.24) is 5.32 Å². The molecule has 0 spiro atoms. The standard InChI is InChI=1S/C17H20BrNO/c1-3-19-17(15-7-5-6-8-16(15)18)13-9-11-14(12-10-13)20-4-2/h5-12,17,19H,3-4H2,1-2H3. The Morgan fingerprint density at radius 2 is 1.75 bits per heavy atom. The van der Waals surface area contributed by atoms with Gasteiger partial charge in [0.2, 0.25) is 0 Å². The zero-order valence-corrected chi connectivity index (χ0v) is 13.5. The Balaban J connectivity index is 2.31. The SMILES string of the molecule is CCNC(c1ccc(OCC)cc1)c1ccccc1Br. The van der Waals surface area contributed by atoms with Gasteiger partial charge in [-0.05, 0) is 42.8 Å². The fourth-order valence-electron chi connectivity index (χ4n) is 2.24. The number of rotatable bonds is 6. The molecule has 1 N–H and O–H groups in total. The Labute approximate surface area is 129 Å². The molecule has 0 bridgehead atoms. The average Bonchev–Trinajstić information content (AvgIpc) is 2.47. The van der Waals surface area contributed by atoms with Crippen molar-refractivity contribution in [2.75, 3.05) is 13.2 Å². The summed E-state index contributed by atoms with van der Waals surface area (Å²) in [6, 6.07) is 16.8. The Hall–Kier alpha value is -1.32. The maximum absolute atomic E-state index is 5.50. The molecule has 0 aliphatic heterocycles. The lowest BCUT2D eigenvalue weighted by molar-refractivity contribution is 0.340. The summed E-state index contributed by atoms with van der Waals surface area (Å²) in [6.07, 6.45) is 0. The zero-order chi connectivity index (χ0) is 14.4. The zero-order valence-electron chi connectivity index (χ0n) is 11.9. The number of benzene rings is 2. The monoisotopic (exact) mass is 333 g/mol. The number of halogens is 1. The summed E-state index contributed by atoms with van der Waals surface area (Å²) < 4.78 is 6.63. The molecule has 0 aliphatic rings. The fraction of sp³-hybridized carbons (Fsp3) is 0.294. The molecule has 3 heteroatoms. The molecule has 0 saturated heterocycles. The summed E-state index contributed by atoms with van der Waals surface area (Å²) in [5.41, 5.74) is 2.49. The molecule has 0 aromatic heterocycles. The molecule has 1 unspecified atom stereocenters. The van der Waals surface area contributed by atoms with Crippen LogP contribution in [0, 0.1) is 0 Å². The van der Waals surface area contributed by atoms with E-state index in [0.29, 0.717) is 6.61 Å². The van der Waals surface area contributed by atoms with Gasteiger partial charge in [-0.1, -0.05) is 53.2 Å². The average molecular weight is 334 g/mol. The molecule has 0 radical (unpaired) electrons. The number of nitrogens with one attached hydrogen (secondary N) is 1. The first-order chi connectivity index (χ1) is 9.76. The van der Waals surface area contributed by atoms with E-state index in [1.165, 1.54) is 11.1 Å². The molecule has 2 rings (SSSR count). The second-order valence-electron chi connectivity index (χ2n) is 4.51. The molecule has 20 heavy (non-hydrogen) atoms. The van der Waals surface area contributed by atoms with Crippen LogP contribution in [0.4, 0.5) is 0 Å². The normalized spacial score (nSPS) is 12.2. The number of hydrogen-bond donors (Lipinski definition) is 1. The van der Waals surface area contributed by atoms with Gasteiger partial charge >= 0.3 is 0 Å². The third kappa shape index (κ3) is 3.62. The summed E-state index contributed by atoms with van der Waals surface area (Å²) in [5, 5.41) is 3.54. The van der Waals surface area contributed by atoms with Gasteiger partial charge in [0.1, 0.15) is 5.75 Å². The third-order valence-corrected chi connectivity index (χ3v) is 3.87. The van der Waals surface area contributed by atoms with Gasteiger partial charge in [-0.2, -0.15) is 0 Å². The molecule has 0 heterocycles. The van der Waals surface area contributed by atoms with Gasteiger partial charge in [-0.25, -0.2) is 0 Å². The number of hydrogen-bond acceptors (Lipinski definition) is 2. The molecule has 2 nitrogen and oxygen atoms in total.